The molecule has 3 rings (SSSR count). The standard InChI is InChI=1S/C20H31N3O4/c1-21-6-2-4-18(21)14-23(8-7-22-9-12-25-13-10-22)15-19(24)16-26-17-20-5-3-11-27-20/h2-6,11,19,24H,7-10,12-17H2,1H3. The number of aliphatic hydroxyl groups excluding tert-OH is 1. The van der Waals surface area contributed by atoms with Gasteiger partial charge in [0.05, 0.1) is 32.2 Å². The van der Waals surface area contributed by atoms with E-state index in [4.69, 9.17) is 13.9 Å². The molecule has 0 bridgehead atoms. The molecule has 0 radical (unpaired) electrons. The number of hydrogen-bond donors (Lipinski definition) is 1. The summed E-state index contributed by atoms with van der Waals surface area (Å²) in [5, 5.41) is 10.4. The zero-order valence-electron chi connectivity index (χ0n) is 16.1. The van der Waals surface area contributed by atoms with Crippen molar-refractivity contribution in [3.63, 3.8) is 0 Å². The molecule has 3 heterocycles. The Labute approximate surface area is 161 Å². The number of morpholine rings is 1. The molecular formula is C20H31N3O4. The SMILES string of the molecule is Cn1cccc1CN(CCN1CCOCC1)CC(O)COCc1ccco1. The van der Waals surface area contributed by atoms with Gasteiger partial charge in [-0.3, -0.25) is 9.80 Å². The lowest BCUT2D eigenvalue weighted by atomic mass is 10.3. The van der Waals surface area contributed by atoms with Crippen molar-refractivity contribution >= 4 is 0 Å². The topological polar surface area (TPSA) is 63.2 Å². The maximum Gasteiger partial charge on any atom is 0.129 e. The van der Waals surface area contributed by atoms with Crippen LogP contribution in [0.1, 0.15) is 11.5 Å². The molecular weight excluding hydrogens is 346 g/mol. The van der Waals surface area contributed by atoms with Crippen molar-refractivity contribution in [2.75, 3.05) is 52.5 Å². The van der Waals surface area contributed by atoms with Gasteiger partial charge in [-0.1, -0.05) is 0 Å². The van der Waals surface area contributed by atoms with Crippen molar-refractivity contribution in [2.45, 2.75) is 19.3 Å². The predicted octanol–water partition coefficient (Wildman–Crippen LogP) is 1.33. The molecule has 0 saturated carbocycles. The molecule has 1 atom stereocenters. The maximum atomic E-state index is 10.4. The van der Waals surface area contributed by atoms with Crippen LogP contribution in [0, 0.1) is 0 Å². The lowest BCUT2D eigenvalue weighted by molar-refractivity contribution is -0.00182. The first kappa shape index (κ1) is 20.1. The van der Waals surface area contributed by atoms with Gasteiger partial charge in [0.25, 0.3) is 0 Å². The fourth-order valence-corrected chi connectivity index (χ4v) is 3.27. The highest BCUT2D eigenvalue weighted by molar-refractivity contribution is 5.06. The summed E-state index contributed by atoms with van der Waals surface area (Å²) in [6.07, 6.45) is 3.14. The van der Waals surface area contributed by atoms with Crippen LogP contribution in [0.3, 0.4) is 0 Å². The predicted molar refractivity (Wildman–Crippen MR) is 102 cm³/mol. The van der Waals surface area contributed by atoms with Crippen LogP contribution in [-0.2, 0) is 29.7 Å². The normalized spacial score (nSPS) is 16.9. The van der Waals surface area contributed by atoms with Gasteiger partial charge in [-0.25, -0.2) is 0 Å². The number of ether oxygens (including phenoxy) is 2. The van der Waals surface area contributed by atoms with Gasteiger partial charge >= 0.3 is 0 Å². The van der Waals surface area contributed by atoms with E-state index in [9.17, 15) is 5.11 Å². The van der Waals surface area contributed by atoms with E-state index in [0.29, 0.717) is 19.8 Å². The summed E-state index contributed by atoms with van der Waals surface area (Å²) in [4.78, 5) is 4.72. The van der Waals surface area contributed by atoms with Crippen LogP contribution in [0.25, 0.3) is 0 Å². The van der Waals surface area contributed by atoms with E-state index in [-0.39, 0.29) is 0 Å². The largest absolute Gasteiger partial charge is 0.467 e. The van der Waals surface area contributed by atoms with Crippen LogP contribution in [0.4, 0.5) is 0 Å². The molecule has 27 heavy (non-hydrogen) atoms. The number of aryl methyl sites for hydroxylation is 1. The van der Waals surface area contributed by atoms with Gasteiger partial charge in [0.1, 0.15) is 12.4 Å². The summed E-state index contributed by atoms with van der Waals surface area (Å²) >= 11 is 0. The van der Waals surface area contributed by atoms with Crippen molar-refractivity contribution in [2.24, 2.45) is 7.05 Å². The molecule has 2 aromatic rings. The molecule has 0 aromatic carbocycles. The molecule has 1 fully saturated rings. The third-order valence-corrected chi connectivity index (χ3v) is 4.88. The Morgan fingerprint density at radius 3 is 2.81 bits per heavy atom. The van der Waals surface area contributed by atoms with E-state index >= 15 is 0 Å². The van der Waals surface area contributed by atoms with Crippen molar-refractivity contribution in [1.82, 2.24) is 14.4 Å². The van der Waals surface area contributed by atoms with E-state index in [1.165, 1.54) is 5.69 Å². The molecule has 0 amide bonds. The van der Waals surface area contributed by atoms with Gasteiger partial charge in [-0.2, -0.15) is 0 Å². The minimum absolute atomic E-state index is 0.294. The van der Waals surface area contributed by atoms with Crippen molar-refractivity contribution in [3.8, 4) is 0 Å². The quantitative estimate of drug-likeness (QED) is 0.637. The Bertz CT molecular complexity index is 637. The Hall–Kier alpha value is -1.64. The number of furan rings is 1. The van der Waals surface area contributed by atoms with Crippen molar-refractivity contribution < 1.29 is 19.0 Å². The van der Waals surface area contributed by atoms with Crippen LogP contribution >= 0.6 is 0 Å². The zero-order valence-corrected chi connectivity index (χ0v) is 16.1. The molecule has 1 saturated heterocycles. The summed E-state index contributed by atoms with van der Waals surface area (Å²) in [7, 11) is 2.05. The molecule has 1 aliphatic heterocycles. The Kier molecular flexibility index (Phi) is 7.92. The van der Waals surface area contributed by atoms with Crippen LogP contribution in [0.15, 0.2) is 41.1 Å². The van der Waals surface area contributed by atoms with Gasteiger partial charge in [-0.05, 0) is 24.3 Å². The van der Waals surface area contributed by atoms with Crippen LogP contribution in [0.5, 0.6) is 0 Å². The van der Waals surface area contributed by atoms with Crippen molar-refractivity contribution in [3.05, 3.63) is 48.2 Å². The highest BCUT2D eigenvalue weighted by Crippen LogP contribution is 2.08. The molecule has 7 nitrogen and oxygen atoms in total. The Morgan fingerprint density at radius 1 is 1.26 bits per heavy atom. The summed E-state index contributed by atoms with van der Waals surface area (Å²) in [5.74, 6) is 0.773. The highest BCUT2D eigenvalue weighted by Gasteiger charge is 2.17. The first-order valence-electron chi connectivity index (χ1n) is 9.61. The third-order valence-electron chi connectivity index (χ3n) is 4.88. The first-order chi connectivity index (χ1) is 13.2. The van der Waals surface area contributed by atoms with Gasteiger partial charge in [0, 0.05) is 58.2 Å². The Morgan fingerprint density at radius 2 is 2.11 bits per heavy atom. The van der Waals surface area contributed by atoms with E-state index in [1.807, 2.05) is 12.1 Å². The average Bonchev–Trinajstić information content (AvgIpc) is 3.33. The minimum atomic E-state index is -0.537. The number of aromatic nitrogens is 1. The van der Waals surface area contributed by atoms with Gasteiger partial charge in [-0.15, -0.1) is 0 Å². The summed E-state index contributed by atoms with van der Waals surface area (Å²) < 4.78 is 18.4. The van der Waals surface area contributed by atoms with Crippen molar-refractivity contribution in [1.29, 1.82) is 0 Å². The van der Waals surface area contributed by atoms with Gasteiger partial charge < -0.3 is 23.6 Å². The highest BCUT2D eigenvalue weighted by atomic mass is 16.5. The zero-order chi connectivity index (χ0) is 18.9. The molecule has 2 aromatic heterocycles. The second kappa shape index (κ2) is 10.6. The number of aliphatic hydroxyl groups is 1. The smallest absolute Gasteiger partial charge is 0.129 e. The monoisotopic (exact) mass is 377 g/mol. The number of hydrogen-bond acceptors (Lipinski definition) is 6. The first-order valence-corrected chi connectivity index (χ1v) is 9.61. The van der Waals surface area contributed by atoms with E-state index < -0.39 is 6.10 Å². The fourth-order valence-electron chi connectivity index (χ4n) is 3.27. The van der Waals surface area contributed by atoms with E-state index in [2.05, 4.69) is 39.7 Å². The van der Waals surface area contributed by atoms with Crippen LogP contribution < -0.4 is 0 Å². The lowest BCUT2D eigenvalue weighted by Gasteiger charge is -2.31. The molecule has 1 aliphatic rings. The van der Waals surface area contributed by atoms with Gasteiger partial charge in [0.15, 0.2) is 0 Å². The molecule has 1 unspecified atom stereocenters. The second-order valence-electron chi connectivity index (χ2n) is 7.05. The summed E-state index contributed by atoms with van der Waals surface area (Å²) in [5.41, 5.74) is 1.24. The molecule has 7 heteroatoms. The average molecular weight is 377 g/mol. The molecule has 0 spiro atoms. The minimum Gasteiger partial charge on any atom is -0.467 e. The molecule has 150 valence electrons. The molecule has 0 aliphatic carbocycles. The Balaban J connectivity index is 1.47. The van der Waals surface area contributed by atoms with Crippen LogP contribution in [0.2, 0.25) is 0 Å². The second-order valence-corrected chi connectivity index (χ2v) is 7.05. The summed E-state index contributed by atoms with van der Waals surface area (Å²) in [6.45, 7) is 7.52. The van der Waals surface area contributed by atoms with Crippen LogP contribution in [-0.4, -0.2) is 78.1 Å². The molecule has 1 N–H and O–H groups in total. The lowest BCUT2D eigenvalue weighted by Crippen LogP contribution is -2.43. The number of rotatable bonds is 11. The fraction of sp³-hybridized carbons (Fsp3) is 0.600. The maximum absolute atomic E-state index is 10.4. The number of nitrogens with zero attached hydrogens (tertiary/aromatic N) is 3. The van der Waals surface area contributed by atoms with E-state index in [1.54, 1.807) is 6.26 Å². The third kappa shape index (κ3) is 6.79. The van der Waals surface area contributed by atoms with Gasteiger partial charge in [0.2, 0.25) is 0 Å². The van der Waals surface area contributed by atoms with E-state index in [0.717, 1.165) is 51.7 Å². The summed E-state index contributed by atoms with van der Waals surface area (Å²) in [6, 6.07) is 7.89.